The number of benzene rings is 2. The van der Waals surface area contributed by atoms with E-state index in [9.17, 15) is 0 Å². The van der Waals surface area contributed by atoms with Crippen LogP contribution in [0.3, 0.4) is 0 Å². The number of rotatable bonds is 5. The third-order valence-corrected chi connectivity index (χ3v) is 11.9. The first-order valence-electron chi connectivity index (χ1n) is 13.4. The van der Waals surface area contributed by atoms with E-state index in [-0.39, 0.29) is 0 Å². The molecule has 0 unspecified atom stereocenters. The molecular formula is C29H42O2S. The zero-order valence-corrected chi connectivity index (χ0v) is 20.9. The van der Waals surface area contributed by atoms with Crippen LogP contribution in [0.4, 0.5) is 0 Å². The van der Waals surface area contributed by atoms with Gasteiger partial charge in [0, 0.05) is 15.7 Å². The van der Waals surface area contributed by atoms with Gasteiger partial charge in [-0.25, -0.2) is 10.0 Å². The van der Waals surface area contributed by atoms with Crippen molar-refractivity contribution in [3.63, 3.8) is 0 Å². The molecule has 3 heteroatoms. The second-order valence-electron chi connectivity index (χ2n) is 10.6. The Balaban J connectivity index is 1.54. The van der Waals surface area contributed by atoms with E-state index in [0.29, 0.717) is 12.2 Å². The fourth-order valence-electron chi connectivity index (χ4n) is 6.17. The van der Waals surface area contributed by atoms with Gasteiger partial charge in [-0.1, -0.05) is 37.8 Å². The van der Waals surface area contributed by atoms with Crippen molar-refractivity contribution in [1.82, 2.24) is 0 Å². The van der Waals surface area contributed by atoms with Gasteiger partial charge in [0.05, 0.1) is 12.2 Å². The second kappa shape index (κ2) is 10.3. The molecule has 2 saturated carbocycles. The monoisotopic (exact) mass is 454 g/mol. The average Bonchev–Trinajstić information content (AvgIpc) is 2.99. The lowest BCUT2D eigenvalue weighted by atomic mass is 10.1. The van der Waals surface area contributed by atoms with E-state index in [2.05, 4.69) is 36.6 Å². The van der Waals surface area contributed by atoms with Crippen molar-refractivity contribution in [3.8, 4) is 11.5 Å². The Morgan fingerprint density at radius 3 is 1.78 bits per heavy atom. The molecular weight excluding hydrogens is 412 g/mol. The Morgan fingerprint density at radius 2 is 1.19 bits per heavy atom. The van der Waals surface area contributed by atoms with Crippen LogP contribution in [-0.2, 0) is 0 Å². The van der Waals surface area contributed by atoms with Crippen LogP contribution < -0.4 is 9.47 Å². The fourth-order valence-corrected chi connectivity index (χ4v) is 9.60. The Hall–Kier alpha value is -1.35. The number of ether oxygens (including phenoxy) is 2. The van der Waals surface area contributed by atoms with Crippen LogP contribution in [0.5, 0.6) is 11.5 Å². The summed E-state index contributed by atoms with van der Waals surface area (Å²) in [4.78, 5) is 1.57. The summed E-state index contributed by atoms with van der Waals surface area (Å²) < 4.78 is 13.5. The zero-order valence-electron chi connectivity index (χ0n) is 20.1. The normalized spacial score (nSPS) is 24.0. The summed E-state index contributed by atoms with van der Waals surface area (Å²) in [5.41, 5.74) is 0. The van der Waals surface area contributed by atoms with Gasteiger partial charge in [-0.05, 0) is 100 Å². The van der Waals surface area contributed by atoms with Gasteiger partial charge in [0.1, 0.15) is 11.5 Å². The predicted molar refractivity (Wildman–Crippen MR) is 139 cm³/mol. The van der Waals surface area contributed by atoms with E-state index in [4.69, 9.17) is 9.47 Å². The molecule has 5 rings (SSSR count). The van der Waals surface area contributed by atoms with E-state index in [1.165, 1.54) is 112 Å². The van der Waals surface area contributed by atoms with E-state index < -0.39 is 10.0 Å². The van der Waals surface area contributed by atoms with E-state index in [1.807, 2.05) is 0 Å². The van der Waals surface area contributed by atoms with Crippen molar-refractivity contribution in [2.45, 2.75) is 107 Å². The van der Waals surface area contributed by atoms with Gasteiger partial charge >= 0.3 is 0 Å². The summed E-state index contributed by atoms with van der Waals surface area (Å²) in [6.45, 7) is 0. The first-order valence-corrected chi connectivity index (χ1v) is 15.7. The SMILES string of the molecule is CS1(c2ccc(OC3CCCCCC3)c3cccc(OC4CCCCCC4)c23)CCCC1. The number of fused-ring (bicyclic) bond motifs is 1. The lowest BCUT2D eigenvalue weighted by molar-refractivity contribution is 0.183. The standard InChI is InChI=1S/C29H42O2S/c1-32(21-10-11-22-32)28-20-19-26(30-23-13-6-2-3-7-14-23)25-17-12-18-27(29(25)28)31-24-15-8-4-5-9-16-24/h12,17-20,23-24H,2-11,13-16,21-22H2,1H3. The molecule has 2 nitrogen and oxygen atoms in total. The third kappa shape index (κ3) is 4.93. The Kier molecular flexibility index (Phi) is 7.21. The van der Waals surface area contributed by atoms with Crippen molar-refractivity contribution in [2.24, 2.45) is 0 Å². The molecule has 0 aromatic heterocycles. The van der Waals surface area contributed by atoms with Gasteiger partial charge in [-0.3, -0.25) is 0 Å². The van der Waals surface area contributed by atoms with Gasteiger partial charge in [0.2, 0.25) is 0 Å². The maximum Gasteiger partial charge on any atom is 0.128 e. The Bertz CT molecular complexity index is 885. The molecule has 176 valence electrons. The molecule has 32 heavy (non-hydrogen) atoms. The maximum absolute atomic E-state index is 6.82. The molecule has 2 aliphatic carbocycles. The van der Waals surface area contributed by atoms with Crippen LogP contribution in [0.25, 0.3) is 10.8 Å². The maximum atomic E-state index is 6.82. The van der Waals surface area contributed by atoms with Crippen LogP contribution in [0, 0.1) is 0 Å². The van der Waals surface area contributed by atoms with Crippen molar-refractivity contribution in [3.05, 3.63) is 30.3 Å². The topological polar surface area (TPSA) is 18.5 Å². The largest absolute Gasteiger partial charge is 0.490 e. The zero-order chi connectivity index (χ0) is 21.8. The van der Waals surface area contributed by atoms with E-state index in [1.54, 1.807) is 4.90 Å². The van der Waals surface area contributed by atoms with Gasteiger partial charge in [0.15, 0.2) is 0 Å². The van der Waals surface area contributed by atoms with Crippen LogP contribution in [-0.4, -0.2) is 30.0 Å². The lowest BCUT2D eigenvalue weighted by Gasteiger charge is -2.34. The van der Waals surface area contributed by atoms with Gasteiger partial charge in [-0.15, -0.1) is 0 Å². The molecule has 2 aromatic carbocycles. The predicted octanol–water partition coefficient (Wildman–Crippen LogP) is 8.63. The van der Waals surface area contributed by atoms with Crippen molar-refractivity contribution >= 4 is 20.8 Å². The highest BCUT2D eigenvalue weighted by Crippen LogP contribution is 2.61. The third-order valence-electron chi connectivity index (χ3n) is 8.09. The molecule has 0 bridgehead atoms. The van der Waals surface area contributed by atoms with Crippen LogP contribution >= 0.6 is 10.0 Å². The minimum absolute atomic E-state index is 0.368. The first-order chi connectivity index (χ1) is 15.7. The minimum atomic E-state index is -0.771. The molecule has 0 amide bonds. The summed E-state index contributed by atoms with van der Waals surface area (Å²) in [5, 5.41) is 2.67. The molecule has 1 aliphatic heterocycles. The Labute approximate surface area is 196 Å². The molecule has 0 radical (unpaired) electrons. The molecule has 3 aliphatic rings. The van der Waals surface area contributed by atoms with Crippen LogP contribution in [0.15, 0.2) is 35.2 Å². The smallest absolute Gasteiger partial charge is 0.128 e. The molecule has 2 aromatic rings. The summed E-state index contributed by atoms with van der Waals surface area (Å²) in [6, 6.07) is 11.5. The summed E-state index contributed by atoms with van der Waals surface area (Å²) >= 11 is 0. The number of hydrogen-bond donors (Lipinski definition) is 0. The highest BCUT2D eigenvalue weighted by Gasteiger charge is 2.30. The van der Waals surface area contributed by atoms with Crippen molar-refractivity contribution in [1.29, 1.82) is 0 Å². The summed E-state index contributed by atoms with van der Waals surface area (Å²) in [5.74, 6) is 4.94. The van der Waals surface area contributed by atoms with Gasteiger partial charge in [0.25, 0.3) is 0 Å². The molecule has 0 spiro atoms. The van der Waals surface area contributed by atoms with Crippen LogP contribution in [0.1, 0.15) is 89.9 Å². The first kappa shape index (κ1) is 22.4. The molecule has 0 N–H and O–H groups in total. The van der Waals surface area contributed by atoms with E-state index in [0.717, 1.165) is 11.5 Å². The van der Waals surface area contributed by atoms with E-state index >= 15 is 0 Å². The molecule has 1 heterocycles. The minimum Gasteiger partial charge on any atom is -0.490 e. The summed E-state index contributed by atoms with van der Waals surface area (Å²) in [6.07, 6.45) is 21.5. The van der Waals surface area contributed by atoms with Gasteiger partial charge in [-0.2, -0.15) is 0 Å². The molecule has 3 fully saturated rings. The quantitative estimate of drug-likeness (QED) is 0.421. The van der Waals surface area contributed by atoms with Gasteiger partial charge < -0.3 is 9.47 Å². The number of hydrogen-bond acceptors (Lipinski definition) is 2. The van der Waals surface area contributed by atoms with Crippen molar-refractivity contribution in [2.75, 3.05) is 17.8 Å². The highest BCUT2D eigenvalue weighted by molar-refractivity contribution is 8.33. The second-order valence-corrected chi connectivity index (χ2v) is 14.4. The molecule has 0 atom stereocenters. The molecule has 1 saturated heterocycles. The lowest BCUT2D eigenvalue weighted by Crippen LogP contribution is -2.17. The fraction of sp³-hybridized carbons (Fsp3) is 0.655. The average molecular weight is 455 g/mol. The Morgan fingerprint density at radius 1 is 0.625 bits per heavy atom. The van der Waals surface area contributed by atoms with Crippen molar-refractivity contribution < 1.29 is 9.47 Å². The summed E-state index contributed by atoms with van der Waals surface area (Å²) in [7, 11) is -0.771. The highest BCUT2D eigenvalue weighted by atomic mass is 32.3. The van der Waals surface area contributed by atoms with Crippen LogP contribution in [0.2, 0.25) is 0 Å².